The average Bonchev–Trinajstić information content (AvgIpc) is 3.56. The molecule has 0 spiro atoms. The Bertz CT molecular complexity index is 609. The van der Waals surface area contributed by atoms with Crippen molar-refractivity contribution in [2.45, 2.75) is 52.2 Å². The monoisotopic (exact) mass is 548 g/mol. The van der Waals surface area contributed by atoms with Crippen LogP contribution in [0.15, 0.2) is 29.3 Å². The Morgan fingerprint density at radius 2 is 1.90 bits per heavy atom. The number of likely N-dealkylation sites (N-methyl/N-ethyl adjacent to an activating group) is 1. The average molecular weight is 549 g/mol. The van der Waals surface area contributed by atoms with Crippen molar-refractivity contribution >= 4 is 35.6 Å². The second-order valence-electron chi connectivity index (χ2n) is 7.79. The quantitative estimate of drug-likeness (QED) is 0.150. The predicted molar refractivity (Wildman–Crippen MR) is 139 cm³/mol. The van der Waals surface area contributed by atoms with Crippen molar-refractivity contribution < 1.29 is 14.2 Å². The number of ether oxygens (including phenoxy) is 3. The highest BCUT2D eigenvalue weighted by molar-refractivity contribution is 14.0. The SMILES string of the molecule is CCN(CCNC(=NCCCOCCOC)Nc1ccc(OC(C)C)cc1)C1CC1.I. The highest BCUT2D eigenvalue weighted by Gasteiger charge is 2.27. The van der Waals surface area contributed by atoms with Crippen LogP contribution in [0.5, 0.6) is 5.75 Å². The van der Waals surface area contributed by atoms with E-state index < -0.39 is 0 Å². The van der Waals surface area contributed by atoms with Crippen LogP contribution in [-0.2, 0) is 9.47 Å². The summed E-state index contributed by atoms with van der Waals surface area (Å²) in [6.07, 6.45) is 3.71. The molecule has 1 aromatic rings. The third kappa shape index (κ3) is 12.5. The number of benzene rings is 1. The molecule has 1 aliphatic carbocycles. The summed E-state index contributed by atoms with van der Waals surface area (Å²) >= 11 is 0. The van der Waals surface area contributed by atoms with E-state index in [1.54, 1.807) is 7.11 Å². The summed E-state index contributed by atoms with van der Waals surface area (Å²) in [7, 11) is 1.68. The van der Waals surface area contributed by atoms with Gasteiger partial charge in [0, 0.05) is 45.1 Å². The number of aliphatic imine (C=N–C) groups is 1. The Balaban J connectivity index is 0.00000480. The first-order chi connectivity index (χ1) is 14.6. The summed E-state index contributed by atoms with van der Waals surface area (Å²) in [5.74, 6) is 1.68. The fraction of sp³-hybridized carbons (Fsp3) is 0.696. The zero-order valence-corrected chi connectivity index (χ0v) is 21.9. The largest absolute Gasteiger partial charge is 0.491 e. The van der Waals surface area contributed by atoms with Crippen molar-refractivity contribution in [3.05, 3.63) is 24.3 Å². The van der Waals surface area contributed by atoms with E-state index in [1.165, 1.54) is 12.8 Å². The Morgan fingerprint density at radius 3 is 2.52 bits per heavy atom. The lowest BCUT2D eigenvalue weighted by molar-refractivity contribution is 0.0702. The Morgan fingerprint density at radius 1 is 1.16 bits per heavy atom. The molecule has 2 rings (SSSR count). The Hall–Kier alpha value is -1.10. The van der Waals surface area contributed by atoms with E-state index in [0.29, 0.717) is 26.4 Å². The van der Waals surface area contributed by atoms with E-state index in [-0.39, 0.29) is 30.1 Å². The summed E-state index contributed by atoms with van der Waals surface area (Å²) in [6, 6.07) is 8.78. The van der Waals surface area contributed by atoms with Gasteiger partial charge in [0.05, 0.1) is 19.3 Å². The molecule has 1 aliphatic rings. The van der Waals surface area contributed by atoms with Crippen molar-refractivity contribution in [2.75, 3.05) is 58.4 Å². The minimum absolute atomic E-state index is 0. The highest BCUT2D eigenvalue weighted by atomic mass is 127. The molecular formula is C23H41IN4O3. The summed E-state index contributed by atoms with van der Waals surface area (Å²) in [4.78, 5) is 7.26. The lowest BCUT2D eigenvalue weighted by Crippen LogP contribution is -2.39. The van der Waals surface area contributed by atoms with Gasteiger partial charge in [-0.25, -0.2) is 0 Å². The fourth-order valence-corrected chi connectivity index (χ4v) is 3.12. The first-order valence-electron chi connectivity index (χ1n) is 11.2. The number of halogens is 1. The van der Waals surface area contributed by atoms with E-state index in [1.807, 2.05) is 38.1 Å². The lowest BCUT2D eigenvalue weighted by Gasteiger charge is -2.21. The molecule has 1 saturated carbocycles. The molecule has 1 fully saturated rings. The van der Waals surface area contributed by atoms with E-state index in [2.05, 4.69) is 22.5 Å². The topological polar surface area (TPSA) is 67.4 Å². The highest BCUT2D eigenvalue weighted by Crippen LogP contribution is 2.25. The third-order valence-electron chi connectivity index (χ3n) is 4.80. The Kier molecular flexibility index (Phi) is 14.9. The van der Waals surface area contributed by atoms with Gasteiger partial charge in [0.2, 0.25) is 0 Å². The van der Waals surface area contributed by atoms with Gasteiger partial charge in [0.25, 0.3) is 0 Å². The summed E-state index contributed by atoms with van der Waals surface area (Å²) in [6.45, 7) is 11.9. The van der Waals surface area contributed by atoms with Crippen LogP contribution in [0.25, 0.3) is 0 Å². The van der Waals surface area contributed by atoms with Crippen molar-refractivity contribution in [1.29, 1.82) is 0 Å². The van der Waals surface area contributed by atoms with Crippen LogP contribution in [0.4, 0.5) is 5.69 Å². The van der Waals surface area contributed by atoms with Crippen molar-refractivity contribution in [2.24, 2.45) is 4.99 Å². The molecule has 0 unspecified atom stereocenters. The molecule has 0 aliphatic heterocycles. The number of hydrogen-bond acceptors (Lipinski definition) is 5. The molecule has 31 heavy (non-hydrogen) atoms. The number of methoxy groups -OCH3 is 1. The van der Waals surface area contributed by atoms with Gasteiger partial charge in [-0.05, 0) is 63.9 Å². The molecule has 0 radical (unpaired) electrons. The summed E-state index contributed by atoms with van der Waals surface area (Å²) < 4.78 is 16.2. The van der Waals surface area contributed by atoms with E-state index in [0.717, 1.165) is 49.5 Å². The molecule has 1 aromatic carbocycles. The zero-order valence-electron chi connectivity index (χ0n) is 19.6. The second kappa shape index (κ2) is 16.5. The van der Waals surface area contributed by atoms with Gasteiger partial charge in [-0.1, -0.05) is 6.92 Å². The van der Waals surface area contributed by atoms with Crippen molar-refractivity contribution in [3.63, 3.8) is 0 Å². The molecular weight excluding hydrogens is 507 g/mol. The number of guanidine groups is 1. The van der Waals surface area contributed by atoms with Crippen LogP contribution < -0.4 is 15.4 Å². The second-order valence-corrected chi connectivity index (χ2v) is 7.79. The lowest BCUT2D eigenvalue weighted by atomic mass is 10.3. The smallest absolute Gasteiger partial charge is 0.195 e. The minimum Gasteiger partial charge on any atom is -0.491 e. The van der Waals surface area contributed by atoms with Crippen LogP contribution >= 0.6 is 24.0 Å². The van der Waals surface area contributed by atoms with Gasteiger partial charge in [-0.3, -0.25) is 9.89 Å². The van der Waals surface area contributed by atoms with Crippen molar-refractivity contribution in [1.82, 2.24) is 10.2 Å². The molecule has 178 valence electrons. The maximum Gasteiger partial charge on any atom is 0.195 e. The predicted octanol–water partition coefficient (Wildman–Crippen LogP) is 3.99. The van der Waals surface area contributed by atoms with Crippen LogP contribution in [0.3, 0.4) is 0 Å². The van der Waals surface area contributed by atoms with E-state index in [9.17, 15) is 0 Å². The molecule has 0 aromatic heterocycles. The number of anilines is 1. The molecule has 7 nitrogen and oxygen atoms in total. The molecule has 0 saturated heterocycles. The van der Waals surface area contributed by atoms with Gasteiger partial charge in [0.1, 0.15) is 5.75 Å². The van der Waals surface area contributed by atoms with Gasteiger partial charge < -0.3 is 24.8 Å². The fourth-order valence-electron chi connectivity index (χ4n) is 3.12. The number of rotatable bonds is 15. The third-order valence-corrected chi connectivity index (χ3v) is 4.80. The number of nitrogens with one attached hydrogen (secondary N) is 2. The molecule has 0 atom stereocenters. The maximum atomic E-state index is 5.72. The van der Waals surface area contributed by atoms with Crippen molar-refractivity contribution in [3.8, 4) is 5.75 Å². The molecule has 0 heterocycles. The van der Waals surface area contributed by atoms with E-state index in [4.69, 9.17) is 19.2 Å². The van der Waals surface area contributed by atoms with Crippen LogP contribution in [-0.4, -0.2) is 76.1 Å². The molecule has 8 heteroatoms. The number of hydrogen-bond donors (Lipinski definition) is 2. The number of nitrogens with zero attached hydrogens (tertiary/aromatic N) is 2. The molecule has 0 amide bonds. The first kappa shape index (κ1) is 27.9. The zero-order chi connectivity index (χ0) is 21.6. The van der Waals surface area contributed by atoms with Gasteiger partial charge in [-0.15, -0.1) is 24.0 Å². The Labute approximate surface area is 205 Å². The van der Waals surface area contributed by atoms with Gasteiger partial charge in [-0.2, -0.15) is 0 Å². The van der Waals surface area contributed by atoms with Gasteiger partial charge >= 0.3 is 0 Å². The van der Waals surface area contributed by atoms with Crippen LogP contribution in [0, 0.1) is 0 Å². The maximum absolute atomic E-state index is 5.72. The standard InChI is InChI=1S/C23H40N4O3.HI/c1-5-27(21-9-10-21)15-14-25-23(24-13-6-16-29-18-17-28-4)26-20-7-11-22(12-8-20)30-19(2)3;/h7-8,11-12,19,21H,5-6,9-10,13-18H2,1-4H3,(H2,24,25,26);1H. The van der Waals surface area contributed by atoms with Crippen LogP contribution in [0.1, 0.15) is 40.0 Å². The minimum atomic E-state index is 0. The first-order valence-corrected chi connectivity index (χ1v) is 11.2. The summed E-state index contributed by atoms with van der Waals surface area (Å²) in [5, 5.41) is 6.89. The van der Waals surface area contributed by atoms with Gasteiger partial charge in [0.15, 0.2) is 5.96 Å². The van der Waals surface area contributed by atoms with Crippen LogP contribution in [0.2, 0.25) is 0 Å². The van der Waals surface area contributed by atoms with E-state index >= 15 is 0 Å². The molecule has 0 bridgehead atoms. The normalized spacial score (nSPS) is 13.9. The summed E-state index contributed by atoms with van der Waals surface area (Å²) in [5.41, 5.74) is 0.989. The molecule has 2 N–H and O–H groups in total.